The number of hydrogen-bond acceptors (Lipinski definition) is 7. The summed E-state index contributed by atoms with van der Waals surface area (Å²) >= 11 is 0. The van der Waals surface area contributed by atoms with E-state index in [1.165, 1.54) is 0 Å². The van der Waals surface area contributed by atoms with Gasteiger partial charge in [-0.2, -0.15) is 0 Å². The second kappa shape index (κ2) is 12.3. The monoisotopic (exact) mass is 262 g/mol. The van der Waals surface area contributed by atoms with Crippen molar-refractivity contribution < 1.29 is 34.6 Å². The Morgan fingerprint density at radius 3 is 1.46 bits per heavy atom. The van der Waals surface area contributed by atoms with Gasteiger partial charge in [-0.15, -0.1) is 0 Å². The standard InChI is InChI=1S/C4H13N3.Cu.H2O4S/c5-1-3-7-4-2-6;;1-5(2,3)4/h7H,1-6H2;;(H2,1,2,3,4)/q;+2;/p-2. The molecule has 0 aliphatic heterocycles. The maximum Gasteiger partial charge on any atom is 2.00 e. The van der Waals surface area contributed by atoms with Crippen LogP contribution in [0, 0.1) is 0 Å². The van der Waals surface area contributed by atoms with E-state index < -0.39 is 10.4 Å². The molecule has 0 saturated carbocycles. The first-order valence-electron chi connectivity index (χ1n) is 3.19. The molecular formula is C4H13CuN3O4S. The van der Waals surface area contributed by atoms with E-state index in [9.17, 15) is 0 Å². The van der Waals surface area contributed by atoms with E-state index in [1.54, 1.807) is 0 Å². The molecule has 13 heavy (non-hydrogen) atoms. The number of nitrogens with one attached hydrogen (secondary N) is 1. The summed E-state index contributed by atoms with van der Waals surface area (Å²) in [7, 11) is -5.17. The molecule has 0 rings (SSSR count). The second-order valence-electron chi connectivity index (χ2n) is 1.74. The smallest absolute Gasteiger partial charge is 0.759 e. The molecule has 0 aromatic rings. The van der Waals surface area contributed by atoms with Crippen molar-refractivity contribution in [3.05, 3.63) is 0 Å². The molecule has 0 spiro atoms. The van der Waals surface area contributed by atoms with Crippen LogP contribution in [0.2, 0.25) is 0 Å². The Hall–Kier alpha value is 0.269. The maximum absolute atomic E-state index is 8.52. The summed E-state index contributed by atoms with van der Waals surface area (Å²) in [6.07, 6.45) is 0. The van der Waals surface area contributed by atoms with Crippen LogP contribution in [0.1, 0.15) is 0 Å². The Bertz CT molecular complexity index is 162. The molecule has 0 heterocycles. The number of nitrogens with two attached hydrogens (primary N) is 2. The van der Waals surface area contributed by atoms with E-state index in [-0.39, 0.29) is 17.1 Å². The summed E-state index contributed by atoms with van der Waals surface area (Å²) in [6, 6.07) is 0. The van der Waals surface area contributed by atoms with Crippen LogP contribution < -0.4 is 16.8 Å². The van der Waals surface area contributed by atoms with Crippen molar-refractivity contribution in [2.45, 2.75) is 0 Å². The molecule has 0 aromatic heterocycles. The summed E-state index contributed by atoms with van der Waals surface area (Å²) < 4.78 is 34.1. The molecule has 0 fully saturated rings. The average Bonchev–Trinajstić information content (AvgIpc) is 1.85. The first-order valence-corrected chi connectivity index (χ1v) is 4.52. The zero-order chi connectivity index (χ0) is 10.0. The summed E-state index contributed by atoms with van der Waals surface area (Å²) in [5, 5.41) is 3.03. The van der Waals surface area contributed by atoms with Crippen LogP contribution in [0.5, 0.6) is 0 Å². The second-order valence-corrected chi connectivity index (χ2v) is 2.55. The molecule has 0 aliphatic carbocycles. The minimum Gasteiger partial charge on any atom is -0.759 e. The maximum atomic E-state index is 8.52. The summed E-state index contributed by atoms with van der Waals surface area (Å²) in [6.45, 7) is 3.13. The van der Waals surface area contributed by atoms with Crippen molar-refractivity contribution in [2.24, 2.45) is 11.5 Å². The van der Waals surface area contributed by atoms with Crippen molar-refractivity contribution in [1.82, 2.24) is 5.32 Å². The first-order chi connectivity index (χ1) is 5.41. The molecule has 1 radical (unpaired) electrons. The van der Waals surface area contributed by atoms with E-state index in [2.05, 4.69) is 5.32 Å². The van der Waals surface area contributed by atoms with E-state index in [0.29, 0.717) is 13.1 Å². The van der Waals surface area contributed by atoms with Gasteiger partial charge in [-0.3, -0.25) is 8.42 Å². The fourth-order valence-corrected chi connectivity index (χ4v) is 0.329. The molecule has 0 amide bonds. The first kappa shape index (κ1) is 18.9. The van der Waals surface area contributed by atoms with Gasteiger partial charge in [0.05, 0.1) is 0 Å². The van der Waals surface area contributed by atoms with Crippen LogP contribution in [0.15, 0.2) is 0 Å². The topological polar surface area (TPSA) is 144 Å². The fourth-order valence-electron chi connectivity index (χ4n) is 0.329. The number of rotatable bonds is 4. The molecule has 0 aromatic carbocycles. The van der Waals surface area contributed by atoms with Gasteiger partial charge in [-0.05, 0) is 0 Å². The predicted molar refractivity (Wildman–Crippen MR) is 41.5 cm³/mol. The molecule has 0 aliphatic rings. The minimum absolute atomic E-state index is 0. The SMILES string of the molecule is NCCNCCN.O=S(=O)([O-])[O-].[Cu+2]. The van der Waals surface area contributed by atoms with E-state index in [4.69, 9.17) is 29.0 Å². The molecule has 0 saturated heterocycles. The van der Waals surface area contributed by atoms with Gasteiger partial charge in [0.25, 0.3) is 0 Å². The fraction of sp³-hybridized carbons (Fsp3) is 1.00. The van der Waals surface area contributed by atoms with Gasteiger partial charge in [-0.25, -0.2) is 0 Å². The molecular weight excluding hydrogens is 250 g/mol. The quantitative estimate of drug-likeness (QED) is 0.214. The largest absolute Gasteiger partial charge is 2.00 e. The molecule has 0 unspecified atom stereocenters. The van der Waals surface area contributed by atoms with Gasteiger partial charge < -0.3 is 25.9 Å². The van der Waals surface area contributed by atoms with E-state index in [1.807, 2.05) is 0 Å². The molecule has 0 atom stereocenters. The van der Waals surface area contributed by atoms with Gasteiger partial charge in [0.1, 0.15) is 0 Å². The Labute approximate surface area is 88.3 Å². The third-order valence-corrected chi connectivity index (χ3v) is 0.642. The van der Waals surface area contributed by atoms with Crippen molar-refractivity contribution in [3.8, 4) is 0 Å². The van der Waals surface area contributed by atoms with E-state index in [0.717, 1.165) is 13.1 Å². The van der Waals surface area contributed by atoms with Crippen molar-refractivity contribution >= 4 is 10.4 Å². The summed E-state index contributed by atoms with van der Waals surface area (Å²) in [5.41, 5.74) is 10.3. The van der Waals surface area contributed by atoms with Crippen molar-refractivity contribution in [1.29, 1.82) is 0 Å². The van der Waals surface area contributed by atoms with Crippen LogP contribution >= 0.6 is 0 Å². The Balaban J connectivity index is -0.000000150. The molecule has 5 N–H and O–H groups in total. The van der Waals surface area contributed by atoms with Crippen LogP contribution in [0.4, 0.5) is 0 Å². The Kier molecular flexibility index (Phi) is 17.9. The molecule has 85 valence electrons. The van der Waals surface area contributed by atoms with Crippen molar-refractivity contribution in [3.63, 3.8) is 0 Å². The third-order valence-electron chi connectivity index (χ3n) is 0.642. The van der Waals surface area contributed by atoms with Gasteiger partial charge in [0.15, 0.2) is 0 Å². The predicted octanol–water partition coefficient (Wildman–Crippen LogP) is -2.85. The zero-order valence-corrected chi connectivity index (χ0v) is 8.58. The third kappa shape index (κ3) is 71.0. The average molecular weight is 263 g/mol. The van der Waals surface area contributed by atoms with Gasteiger partial charge in [-0.1, -0.05) is 0 Å². The number of hydrogen-bond donors (Lipinski definition) is 3. The van der Waals surface area contributed by atoms with E-state index >= 15 is 0 Å². The summed E-state index contributed by atoms with van der Waals surface area (Å²) in [5.74, 6) is 0. The minimum atomic E-state index is -5.17. The Morgan fingerprint density at radius 1 is 1.08 bits per heavy atom. The normalized spacial score (nSPS) is 9.54. The van der Waals surface area contributed by atoms with Crippen LogP contribution in [-0.4, -0.2) is 43.7 Å². The van der Waals surface area contributed by atoms with Crippen LogP contribution in [-0.2, 0) is 27.5 Å². The van der Waals surface area contributed by atoms with Crippen molar-refractivity contribution in [2.75, 3.05) is 26.2 Å². The Morgan fingerprint density at radius 2 is 1.31 bits per heavy atom. The zero-order valence-electron chi connectivity index (χ0n) is 6.83. The summed E-state index contributed by atoms with van der Waals surface area (Å²) in [4.78, 5) is 0. The van der Waals surface area contributed by atoms with Gasteiger partial charge >= 0.3 is 17.1 Å². The molecule has 0 bridgehead atoms. The molecule has 7 nitrogen and oxygen atoms in total. The van der Waals surface area contributed by atoms with Crippen LogP contribution in [0.25, 0.3) is 0 Å². The van der Waals surface area contributed by atoms with Crippen LogP contribution in [0.3, 0.4) is 0 Å². The molecule has 9 heteroatoms. The van der Waals surface area contributed by atoms with Gasteiger partial charge in [0, 0.05) is 36.6 Å². The van der Waals surface area contributed by atoms with Gasteiger partial charge in [0.2, 0.25) is 0 Å².